The van der Waals surface area contributed by atoms with Crippen LogP contribution in [0.15, 0.2) is 22.8 Å². The average Bonchev–Trinajstić information content (AvgIpc) is 2.64. The maximum Gasteiger partial charge on any atom is 0.234 e. The normalized spacial score (nSPS) is 8.69. The zero-order valence-electron chi connectivity index (χ0n) is 7.04. The lowest BCUT2D eigenvalue weighted by molar-refractivity contribution is -0.119. The van der Waals surface area contributed by atoms with Crippen LogP contribution in [0.4, 0.5) is 0 Å². The van der Waals surface area contributed by atoms with Crippen LogP contribution in [-0.4, -0.2) is 19.0 Å². The predicted octanol–water partition coefficient (Wildman–Crippen LogP) is -0.294. The van der Waals surface area contributed by atoms with Crippen molar-refractivity contribution in [1.82, 2.24) is 5.32 Å². The van der Waals surface area contributed by atoms with E-state index >= 15 is 0 Å². The maximum absolute atomic E-state index is 10.6. The first-order valence-electron chi connectivity index (χ1n) is 3.82. The number of amides is 1. The van der Waals surface area contributed by atoms with Gasteiger partial charge in [-0.1, -0.05) is 5.92 Å². The summed E-state index contributed by atoms with van der Waals surface area (Å²) >= 11 is 0. The number of hydrogen-bond donors (Lipinski definition) is 2. The highest BCUT2D eigenvalue weighted by Crippen LogP contribution is 1.95. The monoisotopic (exact) mass is 178 g/mol. The maximum atomic E-state index is 10.6. The van der Waals surface area contributed by atoms with E-state index in [4.69, 9.17) is 10.2 Å². The third-order valence-electron chi connectivity index (χ3n) is 1.29. The van der Waals surface area contributed by atoms with Gasteiger partial charge in [0.1, 0.15) is 0 Å². The van der Waals surface area contributed by atoms with Gasteiger partial charge >= 0.3 is 0 Å². The number of nitrogens with two attached hydrogens (primary N) is 1. The molecule has 1 aromatic heterocycles. The van der Waals surface area contributed by atoms with Crippen LogP contribution in [0.25, 0.3) is 0 Å². The molecule has 4 heteroatoms. The molecule has 0 atom stereocenters. The highest BCUT2D eigenvalue weighted by atomic mass is 16.3. The van der Waals surface area contributed by atoms with E-state index in [1.165, 1.54) is 0 Å². The Bertz CT molecular complexity index is 319. The van der Waals surface area contributed by atoms with Crippen LogP contribution in [0, 0.1) is 11.8 Å². The molecular weight excluding hydrogens is 168 g/mol. The van der Waals surface area contributed by atoms with Gasteiger partial charge in [0.25, 0.3) is 0 Å². The van der Waals surface area contributed by atoms with E-state index in [-0.39, 0.29) is 19.0 Å². The zero-order chi connectivity index (χ0) is 9.52. The largest absolute Gasteiger partial charge is 0.456 e. The summed E-state index contributed by atoms with van der Waals surface area (Å²) in [6, 6.07) is 3.50. The van der Waals surface area contributed by atoms with Gasteiger partial charge in [-0.15, -0.1) is 0 Å². The fourth-order valence-corrected chi connectivity index (χ4v) is 0.696. The molecule has 1 rings (SSSR count). The molecule has 0 aliphatic carbocycles. The molecule has 0 spiro atoms. The van der Waals surface area contributed by atoms with Crippen molar-refractivity contribution < 1.29 is 9.21 Å². The van der Waals surface area contributed by atoms with Crippen molar-refractivity contribution in [2.75, 3.05) is 13.1 Å². The quantitative estimate of drug-likeness (QED) is 0.611. The van der Waals surface area contributed by atoms with Crippen molar-refractivity contribution in [3.05, 3.63) is 24.2 Å². The molecule has 0 bridgehead atoms. The zero-order valence-corrected chi connectivity index (χ0v) is 7.04. The molecule has 0 aliphatic heterocycles. The summed E-state index contributed by atoms with van der Waals surface area (Å²) in [6.07, 6.45) is 1.54. The van der Waals surface area contributed by atoms with Gasteiger partial charge in [0.05, 0.1) is 19.4 Å². The summed E-state index contributed by atoms with van der Waals surface area (Å²) in [7, 11) is 0. The molecule has 1 aromatic rings. The summed E-state index contributed by atoms with van der Waals surface area (Å²) in [6.45, 7) is 0.277. The molecule has 0 saturated heterocycles. The van der Waals surface area contributed by atoms with Gasteiger partial charge in [-0.2, -0.15) is 0 Å². The highest BCUT2D eigenvalue weighted by molar-refractivity contribution is 5.77. The first-order chi connectivity index (χ1) is 6.33. The summed E-state index contributed by atoms with van der Waals surface area (Å²) in [5.74, 6) is 5.82. The van der Waals surface area contributed by atoms with Crippen molar-refractivity contribution in [1.29, 1.82) is 0 Å². The summed E-state index contributed by atoms with van der Waals surface area (Å²) in [5.41, 5.74) is 5.07. The number of hydrogen-bond acceptors (Lipinski definition) is 3. The minimum atomic E-state index is -0.214. The number of carbonyl (C=O) groups excluding carboxylic acids is 1. The smallest absolute Gasteiger partial charge is 0.234 e. The van der Waals surface area contributed by atoms with E-state index < -0.39 is 0 Å². The second-order valence-electron chi connectivity index (χ2n) is 2.26. The topological polar surface area (TPSA) is 68.3 Å². The van der Waals surface area contributed by atoms with Gasteiger partial charge in [0.2, 0.25) is 5.91 Å². The Labute approximate surface area is 76.1 Å². The Hall–Kier alpha value is -1.73. The fraction of sp³-hybridized carbons (Fsp3) is 0.222. The molecule has 13 heavy (non-hydrogen) atoms. The Balaban J connectivity index is 2.30. The van der Waals surface area contributed by atoms with Crippen molar-refractivity contribution >= 4 is 5.91 Å². The summed E-state index contributed by atoms with van der Waals surface area (Å²) in [5, 5.41) is 2.52. The van der Waals surface area contributed by atoms with E-state index in [1.54, 1.807) is 18.4 Å². The molecule has 0 saturated carbocycles. The molecule has 3 N–H and O–H groups in total. The molecule has 0 unspecified atom stereocenters. The lowest BCUT2D eigenvalue weighted by Gasteiger charge is -1.94. The fourth-order valence-electron chi connectivity index (χ4n) is 0.696. The predicted molar refractivity (Wildman–Crippen MR) is 47.7 cm³/mol. The van der Waals surface area contributed by atoms with Crippen LogP contribution >= 0.6 is 0 Å². The first-order valence-corrected chi connectivity index (χ1v) is 3.82. The molecule has 4 nitrogen and oxygen atoms in total. The van der Waals surface area contributed by atoms with Gasteiger partial charge in [0.15, 0.2) is 5.76 Å². The third-order valence-corrected chi connectivity index (χ3v) is 1.29. The average molecular weight is 178 g/mol. The van der Waals surface area contributed by atoms with E-state index in [0.717, 1.165) is 0 Å². The highest BCUT2D eigenvalue weighted by Gasteiger charge is 1.91. The van der Waals surface area contributed by atoms with E-state index in [2.05, 4.69) is 17.2 Å². The van der Waals surface area contributed by atoms with Crippen LogP contribution in [0.2, 0.25) is 0 Å². The van der Waals surface area contributed by atoms with Crippen LogP contribution < -0.4 is 11.1 Å². The molecule has 0 fully saturated rings. The Kier molecular flexibility index (Phi) is 3.61. The van der Waals surface area contributed by atoms with E-state index in [1.807, 2.05) is 0 Å². The van der Waals surface area contributed by atoms with E-state index in [9.17, 15) is 4.79 Å². The lowest BCUT2D eigenvalue weighted by atomic mass is 10.4. The Morgan fingerprint density at radius 2 is 2.54 bits per heavy atom. The van der Waals surface area contributed by atoms with Gasteiger partial charge in [-0.05, 0) is 18.1 Å². The van der Waals surface area contributed by atoms with Gasteiger partial charge < -0.3 is 15.5 Å². The van der Waals surface area contributed by atoms with Crippen LogP contribution in [0.5, 0.6) is 0 Å². The Morgan fingerprint density at radius 1 is 1.69 bits per heavy atom. The van der Waals surface area contributed by atoms with Crippen LogP contribution in [-0.2, 0) is 4.79 Å². The molecular formula is C9H10N2O2. The molecule has 1 heterocycles. The Morgan fingerprint density at radius 3 is 3.15 bits per heavy atom. The van der Waals surface area contributed by atoms with Crippen molar-refractivity contribution in [2.24, 2.45) is 5.73 Å². The summed E-state index contributed by atoms with van der Waals surface area (Å²) < 4.78 is 4.96. The number of furan rings is 1. The number of carbonyl (C=O) groups is 1. The standard InChI is InChI=1S/C9H10N2O2/c10-7-9(12)11-5-1-3-8-4-2-6-13-8/h2,4,6H,5,7,10H2,(H,11,12). The van der Waals surface area contributed by atoms with Crippen LogP contribution in [0.1, 0.15) is 5.76 Å². The van der Waals surface area contributed by atoms with Crippen molar-refractivity contribution in [3.63, 3.8) is 0 Å². The molecule has 68 valence electrons. The van der Waals surface area contributed by atoms with Crippen molar-refractivity contribution in [3.8, 4) is 11.8 Å². The van der Waals surface area contributed by atoms with Gasteiger partial charge in [-0.25, -0.2) is 0 Å². The van der Waals surface area contributed by atoms with Gasteiger partial charge in [-0.3, -0.25) is 4.79 Å². The summed E-state index contributed by atoms with van der Waals surface area (Å²) in [4.78, 5) is 10.6. The third kappa shape index (κ3) is 3.45. The molecule has 0 radical (unpaired) electrons. The number of nitrogens with one attached hydrogen (secondary N) is 1. The van der Waals surface area contributed by atoms with E-state index in [0.29, 0.717) is 5.76 Å². The minimum absolute atomic E-state index is 0.0115. The van der Waals surface area contributed by atoms with Gasteiger partial charge in [0, 0.05) is 0 Å². The SMILES string of the molecule is NCC(=O)NCC#Cc1ccco1. The molecule has 0 aliphatic rings. The van der Waals surface area contributed by atoms with Crippen molar-refractivity contribution in [2.45, 2.75) is 0 Å². The lowest BCUT2D eigenvalue weighted by Crippen LogP contribution is -2.30. The second-order valence-corrected chi connectivity index (χ2v) is 2.26. The van der Waals surface area contributed by atoms with Crippen LogP contribution in [0.3, 0.4) is 0 Å². The minimum Gasteiger partial charge on any atom is -0.456 e. The first kappa shape index (κ1) is 9.36. The molecule has 1 amide bonds. The second kappa shape index (κ2) is 5.01. The number of rotatable bonds is 2. The molecule has 0 aromatic carbocycles.